The number of fused-ring (bicyclic) bond motifs is 2. The van der Waals surface area contributed by atoms with Gasteiger partial charge in [0.25, 0.3) is 18.2 Å². The number of aliphatic hydroxyl groups excluding tert-OH is 7. The fourth-order valence-electron chi connectivity index (χ4n) is 12.7. The number of hydrogen-bond acceptors (Lipinski definition) is 24. The Labute approximate surface area is 585 Å². The summed E-state index contributed by atoms with van der Waals surface area (Å²) >= 11 is -0.0704. The van der Waals surface area contributed by atoms with Gasteiger partial charge in [-0.15, -0.1) is 4.33 Å². The van der Waals surface area contributed by atoms with Crippen LogP contribution >= 0.6 is 12.3 Å². The molecule has 5 heterocycles. The van der Waals surface area contributed by atoms with Crippen molar-refractivity contribution in [1.82, 2.24) is 36.4 Å². The zero-order chi connectivity index (χ0) is 69.2. The molecule has 518 valence electrons. The maximum atomic E-state index is 14.7. The van der Waals surface area contributed by atoms with E-state index in [1.807, 2.05) is 24.3 Å². The number of amides is 7. The van der Waals surface area contributed by atoms with E-state index in [9.17, 15) is 79.7 Å². The smallest absolute Gasteiger partial charge is 0.691 e. The summed E-state index contributed by atoms with van der Waals surface area (Å²) in [5.41, 5.74) is 4.65. The molecule has 33 heteroatoms. The molecule has 5 fully saturated rings. The van der Waals surface area contributed by atoms with Gasteiger partial charge in [-0.3, -0.25) is 38.6 Å². The third-order valence-corrected chi connectivity index (χ3v) is 18.2. The standard InChI is InChI=1S/C64H81N11O20S.Na/c1-33-29-75-54(55(33)81)62(88)66-27-44(77)25-46(67-58(84)39-8-6-37(7-9-39)38-10-13-41(14-11-38)71-20-22-72(23-21-71)42-15-17-43(18-16-42)73-30-34(2)92-35(3)31-73)59(85)68-51(36(4)76)63(89)74-32-45(78)26-47(74)60(86)70-53(61(87)69-52(64(75)90)49(80)28-65-5)57(83)56(82)40-12-19-48(79)50(24-40)93-96-95-94-91;/h6-19,24,33-36,44-47,49,51-57,76-83,91H,20-23,25-32H2,1-4H3,(H,66,88)(H,67,84)(H,68,85)(H,69,87)(H,70,86);/q;+1/p-1/t33?,34?,35?,36?,44-,45?,46-,47?,49+,51?,52-,53?,54?,55-,56-,57-;/m0./s1. The number of hydrogen-bond donors (Lipinski definition) is 13. The van der Waals surface area contributed by atoms with Gasteiger partial charge in [0.05, 0.1) is 36.6 Å². The number of ether oxygens (including phenoxy) is 1. The number of nitrogens with zero attached hydrogens (tertiary/aromatic N) is 6. The first-order valence-corrected chi connectivity index (χ1v) is 32.0. The molecular formula is C64H80N11NaO20S. The van der Waals surface area contributed by atoms with Crippen molar-refractivity contribution in [3.63, 3.8) is 0 Å². The molecule has 0 radical (unpaired) electrons. The molecule has 0 spiro atoms. The summed E-state index contributed by atoms with van der Waals surface area (Å²) < 4.78 is 15.0. The molecule has 5 aliphatic rings. The molecule has 5 saturated heterocycles. The monoisotopic (exact) mass is 1380 g/mol. The molecule has 7 amide bonds. The van der Waals surface area contributed by atoms with E-state index in [0.717, 1.165) is 96.7 Å². The van der Waals surface area contributed by atoms with E-state index in [0.29, 0.717) is 0 Å². The van der Waals surface area contributed by atoms with Gasteiger partial charge in [-0.05, 0) is 98.1 Å². The van der Waals surface area contributed by atoms with Gasteiger partial charge in [0, 0.05) is 100 Å². The van der Waals surface area contributed by atoms with Crippen molar-refractivity contribution in [2.24, 2.45) is 5.92 Å². The first-order valence-electron chi connectivity index (χ1n) is 31.4. The van der Waals surface area contributed by atoms with Crippen molar-refractivity contribution in [2.45, 2.75) is 132 Å². The van der Waals surface area contributed by atoms with Gasteiger partial charge in [0.2, 0.25) is 42.0 Å². The summed E-state index contributed by atoms with van der Waals surface area (Å²) in [7, 11) is 0. The largest absolute Gasteiger partial charge is 1.00 e. The molecule has 5 aliphatic heterocycles. The molecule has 13 N–H and O–H groups in total. The normalized spacial score (nSPS) is 27.6. The van der Waals surface area contributed by atoms with E-state index in [1.165, 1.54) is 24.7 Å². The van der Waals surface area contributed by atoms with Crippen molar-refractivity contribution in [2.75, 3.05) is 80.1 Å². The number of morpholine rings is 1. The second-order valence-corrected chi connectivity index (χ2v) is 25.2. The molecule has 16 atom stereocenters. The second kappa shape index (κ2) is 33.9. The van der Waals surface area contributed by atoms with E-state index < -0.39 is 177 Å². The van der Waals surface area contributed by atoms with Crippen LogP contribution < -0.4 is 80.3 Å². The molecule has 4 aromatic carbocycles. The Morgan fingerprint density at radius 2 is 1.26 bits per heavy atom. The van der Waals surface area contributed by atoms with Crippen LogP contribution in [-0.4, -0.2) is 243 Å². The van der Waals surface area contributed by atoms with Crippen LogP contribution in [0.3, 0.4) is 0 Å². The zero-order valence-electron chi connectivity index (χ0n) is 54.0. The molecule has 31 nitrogen and oxygen atoms in total. The zero-order valence-corrected chi connectivity index (χ0v) is 56.8. The SMILES string of the molecule is [C-]#[N+]C[C@@H](O)[C@@H]1NC(=O)C([C@H](O)[C@@H](O)c2ccc(O)c(OSOO[O-])c2)NC(=O)C2CC(O)CN2C(=O)C(C(C)O)NC(=O)[C@@H](NC(=O)c2ccc(-c3ccc(N4CCN(c5ccc(N6CC(C)OC(C)C6)cc5)CC4)cc3)cc2)C[C@H](O)CNC(=O)C2[C@@H](O)C(C)CN2C1=O.[Na+]. The van der Waals surface area contributed by atoms with Crippen LogP contribution in [0.4, 0.5) is 17.1 Å². The molecule has 0 saturated carbocycles. The first-order chi connectivity index (χ1) is 45.8. The number of anilines is 3. The Morgan fingerprint density at radius 1 is 0.701 bits per heavy atom. The molecule has 0 aliphatic carbocycles. The minimum absolute atomic E-state index is 0. The number of β-amino-alcohol motifs (C(OH)–C–C–N with tert-alkyl or cyclic N) is 1. The second-order valence-electron chi connectivity index (χ2n) is 24.8. The van der Waals surface area contributed by atoms with Gasteiger partial charge in [-0.1, -0.05) is 37.3 Å². The van der Waals surface area contributed by atoms with E-state index in [-0.39, 0.29) is 65.2 Å². The van der Waals surface area contributed by atoms with Crippen LogP contribution in [-0.2, 0) is 42.9 Å². The van der Waals surface area contributed by atoms with Crippen LogP contribution in [0.5, 0.6) is 11.5 Å². The fourth-order valence-corrected chi connectivity index (χ4v) is 13.0. The van der Waals surface area contributed by atoms with Gasteiger partial charge >= 0.3 is 29.6 Å². The number of phenolic OH excluding ortho intramolecular Hbond substituents is 1. The summed E-state index contributed by atoms with van der Waals surface area (Å²) in [5.74, 6) is -10.4. The number of piperazine rings is 1. The number of benzene rings is 4. The third kappa shape index (κ3) is 18.3. The number of carbonyl (C=O) groups excluding carboxylic acids is 7. The minimum Gasteiger partial charge on any atom is -0.691 e. The van der Waals surface area contributed by atoms with Crippen molar-refractivity contribution < 1.29 is 128 Å². The van der Waals surface area contributed by atoms with Gasteiger partial charge in [0.15, 0.2) is 17.6 Å². The van der Waals surface area contributed by atoms with E-state index in [4.69, 9.17) is 15.5 Å². The molecule has 97 heavy (non-hydrogen) atoms. The van der Waals surface area contributed by atoms with Crippen LogP contribution in [0.2, 0.25) is 0 Å². The van der Waals surface area contributed by atoms with Gasteiger partial charge in [0.1, 0.15) is 48.5 Å². The summed E-state index contributed by atoms with van der Waals surface area (Å²) in [6, 6.07) is 14.0. The number of nitrogens with one attached hydrogen (secondary N) is 5. The molecule has 0 aromatic heterocycles. The van der Waals surface area contributed by atoms with Crippen molar-refractivity contribution in [3.8, 4) is 22.6 Å². The van der Waals surface area contributed by atoms with Crippen LogP contribution in [0.25, 0.3) is 16.0 Å². The average molecular weight is 1380 g/mol. The Morgan fingerprint density at radius 3 is 1.85 bits per heavy atom. The Bertz CT molecular complexity index is 3440. The van der Waals surface area contributed by atoms with Gasteiger partial charge in [-0.25, -0.2) is 6.57 Å². The predicted octanol–water partition coefficient (Wildman–Crippen LogP) is -5.47. The Hall–Kier alpha value is -7.43. The quantitative estimate of drug-likeness (QED) is 0.0124. The first kappa shape index (κ1) is 75.3. The number of aromatic hydroxyl groups is 1. The summed E-state index contributed by atoms with van der Waals surface area (Å²) in [4.78, 5) is 113. The third-order valence-electron chi connectivity index (χ3n) is 17.8. The number of rotatable bonds is 16. The minimum atomic E-state index is -2.50. The van der Waals surface area contributed by atoms with Crippen molar-refractivity contribution in [3.05, 3.63) is 114 Å². The maximum Gasteiger partial charge on any atom is 1.00 e. The van der Waals surface area contributed by atoms with E-state index >= 15 is 0 Å². The van der Waals surface area contributed by atoms with E-state index in [2.05, 4.69) is 93.6 Å². The van der Waals surface area contributed by atoms with Crippen LogP contribution in [0.1, 0.15) is 62.6 Å². The Balaban J connectivity index is 0.0000120. The van der Waals surface area contributed by atoms with Crippen LogP contribution in [0, 0.1) is 12.5 Å². The summed E-state index contributed by atoms with van der Waals surface area (Å²) in [6.45, 7) is 16.5. The average Bonchev–Trinajstić information content (AvgIpc) is 1.03. The van der Waals surface area contributed by atoms with E-state index in [1.54, 1.807) is 12.1 Å². The molecule has 9 unspecified atom stereocenters. The number of carbonyl (C=O) groups is 7. The fraction of sp³-hybridized carbons (Fsp3) is 0.500. The van der Waals surface area contributed by atoms with Gasteiger partial charge < -0.3 is 111 Å². The maximum absolute atomic E-state index is 14.7. The number of phenols is 1. The predicted molar refractivity (Wildman–Crippen MR) is 341 cm³/mol. The molecule has 0 bridgehead atoms. The summed E-state index contributed by atoms with van der Waals surface area (Å²) in [5, 5.41) is 116. The Kier molecular flexibility index (Phi) is 26.3. The van der Waals surface area contributed by atoms with Crippen LogP contribution in [0.15, 0.2) is 91.0 Å². The van der Waals surface area contributed by atoms with Crippen molar-refractivity contribution in [1.29, 1.82) is 0 Å². The topological polar surface area (TPSA) is 422 Å². The molecule has 4 aromatic rings. The molecular weight excluding hydrogens is 1300 g/mol. The van der Waals surface area contributed by atoms with Crippen molar-refractivity contribution >= 4 is 70.7 Å². The summed E-state index contributed by atoms with van der Waals surface area (Å²) in [6.07, 6.45) is -14.4. The number of aliphatic hydroxyl groups is 7. The molecule has 9 rings (SSSR count). The van der Waals surface area contributed by atoms with Gasteiger partial charge in [-0.2, -0.15) is 0 Å².